The summed E-state index contributed by atoms with van der Waals surface area (Å²) in [6.45, 7) is 1.66. The molecule has 0 radical (unpaired) electrons. The second-order valence-electron chi connectivity index (χ2n) is 4.89. The summed E-state index contributed by atoms with van der Waals surface area (Å²) in [7, 11) is 0. The zero-order chi connectivity index (χ0) is 15.9. The van der Waals surface area contributed by atoms with Crippen LogP contribution in [0.5, 0.6) is 0 Å². The molecule has 0 saturated carbocycles. The fourth-order valence-corrected chi connectivity index (χ4v) is 2.30. The minimum Gasteiger partial charge on any atom is -0.350 e. The molecule has 0 unspecified atom stereocenters. The van der Waals surface area contributed by atoms with Crippen LogP contribution >= 0.6 is 0 Å². The van der Waals surface area contributed by atoms with Crippen LogP contribution in [0.1, 0.15) is 16.1 Å². The number of carbonyl (C=O) groups is 1. The summed E-state index contributed by atoms with van der Waals surface area (Å²) < 4.78 is 39.7. The van der Waals surface area contributed by atoms with E-state index in [0.29, 0.717) is 22.5 Å². The molecule has 0 aliphatic carbocycles. The first kappa shape index (κ1) is 14.2. The number of hydrogen-bond acceptors (Lipinski definition) is 1. The molecule has 2 N–H and O–H groups in total. The van der Waals surface area contributed by atoms with Crippen LogP contribution < -0.4 is 5.32 Å². The first-order chi connectivity index (χ1) is 10.5. The molecule has 3 rings (SSSR count). The van der Waals surface area contributed by atoms with Gasteiger partial charge in [-0.2, -0.15) is 0 Å². The summed E-state index contributed by atoms with van der Waals surface area (Å²) in [6, 6.07) is 6.98. The van der Waals surface area contributed by atoms with Crippen molar-refractivity contribution in [3.05, 3.63) is 65.1 Å². The molecule has 1 amide bonds. The Hall–Kier alpha value is -2.76. The lowest BCUT2D eigenvalue weighted by Gasteiger charge is -2.06. The molecule has 0 saturated heterocycles. The molecule has 1 aromatic heterocycles. The third-order valence-corrected chi connectivity index (χ3v) is 3.43. The smallest absolute Gasteiger partial charge is 0.272 e. The van der Waals surface area contributed by atoms with E-state index in [9.17, 15) is 18.0 Å². The Bertz CT molecular complexity index is 886. The molecule has 0 aliphatic heterocycles. The predicted octanol–water partition coefficient (Wildman–Crippen LogP) is 4.15. The van der Waals surface area contributed by atoms with E-state index in [1.807, 2.05) is 0 Å². The number of anilines is 1. The predicted molar refractivity (Wildman–Crippen MR) is 77.3 cm³/mol. The number of aromatic amines is 1. The van der Waals surface area contributed by atoms with Crippen LogP contribution in [0.25, 0.3) is 10.9 Å². The second kappa shape index (κ2) is 5.22. The van der Waals surface area contributed by atoms with Gasteiger partial charge in [-0.1, -0.05) is 0 Å². The zero-order valence-electron chi connectivity index (χ0n) is 11.5. The van der Waals surface area contributed by atoms with Crippen molar-refractivity contribution in [3.8, 4) is 0 Å². The Morgan fingerprint density at radius 2 is 1.73 bits per heavy atom. The summed E-state index contributed by atoms with van der Waals surface area (Å²) in [5.41, 5.74) is 1.22. The summed E-state index contributed by atoms with van der Waals surface area (Å²) in [5, 5.41) is 2.94. The highest BCUT2D eigenvalue weighted by Gasteiger charge is 2.16. The molecule has 3 nitrogen and oxygen atoms in total. The van der Waals surface area contributed by atoms with Gasteiger partial charge in [-0.05, 0) is 42.8 Å². The molecule has 0 atom stereocenters. The number of aromatic nitrogens is 1. The minimum atomic E-state index is -0.867. The third kappa shape index (κ3) is 2.43. The third-order valence-electron chi connectivity index (χ3n) is 3.43. The van der Waals surface area contributed by atoms with Crippen molar-refractivity contribution in [1.29, 1.82) is 0 Å². The van der Waals surface area contributed by atoms with Crippen LogP contribution in [0.4, 0.5) is 18.9 Å². The number of H-pyrrole nitrogens is 1. The van der Waals surface area contributed by atoms with E-state index in [2.05, 4.69) is 10.3 Å². The molecule has 112 valence electrons. The average Bonchev–Trinajstić information content (AvgIpc) is 2.79. The quantitative estimate of drug-likeness (QED) is 0.734. The van der Waals surface area contributed by atoms with Gasteiger partial charge in [0.15, 0.2) is 0 Å². The SMILES string of the molecule is Cc1c(C(=O)Nc2ccc(F)cc2F)[nH]c2ccc(F)cc12. The van der Waals surface area contributed by atoms with Gasteiger partial charge in [0.2, 0.25) is 0 Å². The number of aryl methyl sites for hydroxylation is 1. The monoisotopic (exact) mass is 304 g/mol. The van der Waals surface area contributed by atoms with E-state index in [4.69, 9.17) is 0 Å². The summed E-state index contributed by atoms with van der Waals surface area (Å²) in [6.07, 6.45) is 0. The lowest BCUT2D eigenvalue weighted by atomic mass is 10.1. The topological polar surface area (TPSA) is 44.9 Å². The summed E-state index contributed by atoms with van der Waals surface area (Å²) in [4.78, 5) is 15.1. The number of nitrogens with one attached hydrogen (secondary N) is 2. The lowest BCUT2D eigenvalue weighted by Crippen LogP contribution is -2.14. The van der Waals surface area contributed by atoms with Crippen LogP contribution in [-0.2, 0) is 0 Å². The first-order valence-electron chi connectivity index (χ1n) is 6.50. The largest absolute Gasteiger partial charge is 0.350 e. The van der Waals surface area contributed by atoms with Gasteiger partial charge < -0.3 is 10.3 Å². The van der Waals surface area contributed by atoms with Gasteiger partial charge in [0.1, 0.15) is 23.1 Å². The Morgan fingerprint density at radius 1 is 1.05 bits per heavy atom. The van der Waals surface area contributed by atoms with Crippen molar-refractivity contribution in [3.63, 3.8) is 0 Å². The number of rotatable bonds is 2. The number of hydrogen-bond donors (Lipinski definition) is 2. The molecular weight excluding hydrogens is 293 g/mol. The molecule has 1 heterocycles. The molecule has 3 aromatic rings. The van der Waals surface area contributed by atoms with E-state index in [1.165, 1.54) is 18.2 Å². The average molecular weight is 304 g/mol. The van der Waals surface area contributed by atoms with E-state index < -0.39 is 23.4 Å². The molecule has 2 aromatic carbocycles. The van der Waals surface area contributed by atoms with Crippen molar-refractivity contribution >= 4 is 22.5 Å². The number of benzene rings is 2. The van der Waals surface area contributed by atoms with E-state index in [0.717, 1.165) is 12.1 Å². The van der Waals surface area contributed by atoms with Crippen molar-refractivity contribution in [2.75, 3.05) is 5.32 Å². The normalized spacial score (nSPS) is 10.9. The zero-order valence-corrected chi connectivity index (χ0v) is 11.5. The van der Waals surface area contributed by atoms with Crippen LogP contribution in [-0.4, -0.2) is 10.9 Å². The second-order valence-corrected chi connectivity index (χ2v) is 4.89. The van der Waals surface area contributed by atoms with Gasteiger partial charge in [-0.15, -0.1) is 0 Å². The fraction of sp³-hybridized carbons (Fsp3) is 0.0625. The van der Waals surface area contributed by atoms with Gasteiger partial charge in [-0.25, -0.2) is 13.2 Å². The molecule has 22 heavy (non-hydrogen) atoms. The van der Waals surface area contributed by atoms with Crippen LogP contribution in [0.15, 0.2) is 36.4 Å². The van der Waals surface area contributed by atoms with E-state index in [1.54, 1.807) is 6.92 Å². The van der Waals surface area contributed by atoms with Crippen molar-refractivity contribution in [2.45, 2.75) is 6.92 Å². The maximum atomic E-state index is 13.6. The summed E-state index contributed by atoms with van der Waals surface area (Å²) in [5.74, 6) is -2.59. The van der Waals surface area contributed by atoms with Gasteiger partial charge in [0.25, 0.3) is 5.91 Å². The van der Waals surface area contributed by atoms with Gasteiger partial charge in [0, 0.05) is 17.0 Å². The van der Waals surface area contributed by atoms with Crippen LogP contribution in [0.2, 0.25) is 0 Å². The molecule has 0 bridgehead atoms. The number of amides is 1. The number of halogens is 3. The Balaban J connectivity index is 1.97. The highest BCUT2D eigenvalue weighted by Crippen LogP contribution is 2.24. The van der Waals surface area contributed by atoms with Crippen molar-refractivity contribution in [2.24, 2.45) is 0 Å². The Kier molecular flexibility index (Phi) is 3.36. The van der Waals surface area contributed by atoms with E-state index in [-0.39, 0.29) is 11.4 Å². The first-order valence-corrected chi connectivity index (χ1v) is 6.50. The van der Waals surface area contributed by atoms with E-state index >= 15 is 0 Å². The standard InChI is InChI=1S/C16H11F3N2O/c1-8-11-6-9(17)2-4-13(11)20-15(8)16(22)21-14-5-3-10(18)7-12(14)19/h2-7,20H,1H3,(H,21,22). The van der Waals surface area contributed by atoms with Gasteiger partial charge in [-0.3, -0.25) is 4.79 Å². The van der Waals surface area contributed by atoms with Crippen LogP contribution in [0.3, 0.4) is 0 Å². The molecule has 0 spiro atoms. The van der Waals surface area contributed by atoms with Crippen molar-refractivity contribution in [1.82, 2.24) is 4.98 Å². The molecule has 0 fully saturated rings. The molecule has 0 aliphatic rings. The van der Waals surface area contributed by atoms with Crippen molar-refractivity contribution < 1.29 is 18.0 Å². The number of fused-ring (bicyclic) bond motifs is 1. The molecular formula is C16H11F3N2O. The van der Waals surface area contributed by atoms with Gasteiger partial charge in [0.05, 0.1) is 5.69 Å². The minimum absolute atomic E-state index is 0.129. The highest BCUT2D eigenvalue weighted by atomic mass is 19.1. The number of carbonyl (C=O) groups excluding carboxylic acids is 1. The molecule has 6 heteroatoms. The summed E-state index contributed by atoms with van der Waals surface area (Å²) >= 11 is 0. The Labute approximate surface area is 123 Å². The van der Waals surface area contributed by atoms with Gasteiger partial charge >= 0.3 is 0 Å². The Morgan fingerprint density at radius 3 is 2.45 bits per heavy atom. The maximum absolute atomic E-state index is 13.6. The lowest BCUT2D eigenvalue weighted by molar-refractivity contribution is 0.102. The fourth-order valence-electron chi connectivity index (χ4n) is 2.30. The highest BCUT2D eigenvalue weighted by molar-refractivity contribution is 6.07. The van der Waals surface area contributed by atoms with Crippen LogP contribution in [0, 0.1) is 24.4 Å². The maximum Gasteiger partial charge on any atom is 0.272 e.